The number of benzene rings is 1. The van der Waals surface area contributed by atoms with Crippen LogP contribution in [0.25, 0.3) is 0 Å². The van der Waals surface area contributed by atoms with Crippen molar-refractivity contribution in [1.29, 1.82) is 0 Å². The molecule has 1 aromatic carbocycles. The van der Waals surface area contributed by atoms with Crippen molar-refractivity contribution < 1.29 is 9.47 Å². The van der Waals surface area contributed by atoms with E-state index in [1.807, 2.05) is 20.8 Å². The highest BCUT2D eigenvalue weighted by atomic mass is 127. The number of rotatable bonds is 8. The van der Waals surface area contributed by atoms with Crippen LogP contribution in [-0.4, -0.2) is 38.9 Å². The summed E-state index contributed by atoms with van der Waals surface area (Å²) in [7, 11) is 1.69. The number of methoxy groups -OCH3 is 1. The van der Waals surface area contributed by atoms with E-state index in [0.717, 1.165) is 30.4 Å². The average molecular weight is 435 g/mol. The van der Waals surface area contributed by atoms with Gasteiger partial charge in [-0.15, -0.1) is 24.0 Å². The second-order valence-corrected chi connectivity index (χ2v) is 5.39. The molecule has 23 heavy (non-hydrogen) atoms. The SMILES string of the molecule is CCNC(=NCc1ccc(C)cc1OC(C)C)NCCOC.I. The minimum absolute atomic E-state index is 0. The number of nitrogens with zero attached hydrogens (tertiary/aromatic N) is 1. The van der Waals surface area contributed by atoms with Gasteiger partial charge >= 0.3 is 0 Å². The first kappa shape index (κ1) is 22.0. The first-order valence-electron chi connectivity index (χ1n) is 7.84. The van der Waals surface area contributed by atoms with Crippen molar-refractivity contribution in [2.24, 2.45) is 4.99 Å². The van der Waals surface area contributed by atoms with Crippen molar-refractivity contribution in [2.75, 3.05) is 26.8 Å². The van der Waals surface area contributed by atoms with Crippen molar-refractivity contribution in [2.45, 2.75) is 40.3 Å². The maximum Gasteiger partial charge on any atom is 0.191 e. The molecule has 0 fully saturated rings. The number of halogens is 1. The first-order valence-corrected chi connectivity index (χ1v) is 7.84. The normalized spacial score (nSPS) is 11.1. The van der Waals surface area contributed by atoms with E-state index in [4.69, 9.17) is 9.47 Å². The number of hydrogen-bond acceptors (Lipinski definition) is 3. The van der Waals surface area contributed by atoms with Gasteiger partial charge < -0.3 is 20.1 Å². The number of aliphatic imine (C=N–C) groups is 1. The molecular formula is C17H30IN3O2. The van der Waals surface area contributed by atoms with Crippen LogP contribution >= 0.6 is 24.0 Å². The maximum absolute atomic E-state index is 5.89. The molecule has 1 rings (SSSR count). The summed E-state index contributed by atoms with van der Waals surface area (Å²) < 4.78 is 10.9. The fraction of sp³-hybridized carbons (Fsp3) is 0.588. The maximum atomic E-state index is 5.89. The lowest BCUT2D eigenvalue weighted by Crippen LogP contribution is -2.38. The van der Waals surface area contributed by atoms with E-state index < -0.39 is 0 Å². The van der Waals surface area contributed by atoms with Crippen LogP contribution in [0.1, 0.15) is 31.9 Å². The summed E-state index contributed by atoms with van der Waals surface area (Å²) in [5.41, 5.74) is 2.27. The monoisotopic (exact) mass is 435 g/mol. The Kier molecular flexibility index (Phi) is 11.9. The van der Waals surface area contributed by atoms with Gasteiger partial charge in [0.1, 0.15) is 5.75 Å². The predicted molar refractivity (Wildman–Crippen MR) is 107 cm³/mol. The van der Waals surface area contributed by atoms with Crippen molar-refractivity contribution >= 4 is 29.9 Å². The van der Waals surface area contributed by atoms with Gasteiger partial charge in [-0.1, -0.05) is 12.1 Å². The molecule has 0 saturated carbocycles. The average Bonchev–Trinajstić information content (AvgIpc) is 2.46. The lowest BCUT2D eigenvalue weighted by Gasteiger charge is -2.15. The van der Waals surface area contributed by atoms with Crippen LogP contribution in [0.4, 0.5) is 0 Å². The van der Waals surface area contributed by atoms with Gasteiger partial charge in [-0.2, -0.15) is 0 Å². The highest BCUT2D eigenvalue weighted by Gasteiger charge is 2.06. The molecule has 0 atom stereocenters. The molecule has 0 aliphatic carbocycles. The molecule has 1 aromatic rings. The van der Waals surface area contributed by atoms with Crippen molar-refractivity contribution in [1.82, 2.24) is 10.6 Å². The quantitative estimate of drug-likeness (QED) is 0.285. The van der Waals surface area contributed by atoms with Gasteiger partial charge in [-0.25, -0.2) is 4.99 Å². The van der Waals surface area contributed by atoms with Crippen LogP contribution in [-0.2, 0) is 11.3 Å². The molecule has 0 aliphatic heterocycles. The van der Waals surface area contributed by atoms with Gasteiger partial charge in [0.15, 0.2) is 5.96 Å². The zero-order valence-electron chi connectivity index (χ0n) is 14.8. The zero-order valence-corrected chi connectivity index (χ0v) is 17.1. The molecule has 0 saturated heterocycles. The van der Waals surface area contributed by atoms with E-state index in [9.17, 15) is 0 Å². The Morgan fingerprint density at radius 1 is 1.26 bits per heavy atom. The van der Waals surface area contributed by atoms with Crippen molar-refractivity contribution in [3.63, 3.8) is 0 Å². The zero-order chi connectivity index (χ0) is 16.4. The summed E-state index contributed by atoms with van der Waals surface area (Å²) in [6.07, 6.45) is 0.151. The third-order valence-electron chi connectivity index (χ3n) is 2.94. The molecule has 0 aliphatic rings. The molecule has 0 radical (unpaired) electrons. The predicted octanol–water partition coefficient (Wildman–Crippen LogP) is 3.10. The Bertz CT molecular complexity index is 479. The van der Waals surface area contributed by atoms with Gasteiger partial charge in [0.25, 0.3) is 0 Å². The smallest absolute Gasteiger partial charge is 0.191 e. The van der Waals surface area contributed by atoms with Crippen molar-refractivity contribution in [3.05, 3.63) is 29.3 Å². The van der Waals surface area contributed by atoms with Gasteiger partial charge in [0, 0.05) is 25.8 Å². The van der Waals surface area contributed by atoms with E-state index in [1.165, 1.54) is 5.56 Å². The standard InChI is InChI=1S/C17H29N3O2.HI/c1-6-18-17(19-9-10-21-5)20-12-15-8-7-14(4)11-16(15)22-13(2)3;/h7-8,11,13H,6,9-10,12H2,1-5H3,(H2,18,19,20);1H. The molecule has 0 unspecified atom stereocenters. The Balaban J connectivity index is 0.00000484. The summed E-state index contributed by atoms with van der Waals surface area (Å²) in [6.45, 7) is 11.0. The second kappa shape index (κ2) is 12.4. The van der Waals surface area contributed by atoms with Crippen LogP contribution in [0.5, 0.6) is 5.75 Å². The summed E-state index contributed by atoms with van der Waals surface area (Å²) in [4.78, 5) is 4.61. The van der Waals surface area contributed by atoms with Crippen molar-refractivity contribution in [3.8, 4) is 5.75 Å². The highest BCUT2D eigenvalue weighted by Crippen LogP contribution is 2.22. The molecule has 0 amide bonds. The first-order chi connectivity index (χ1) is 10.6. The lowest BCUT2D eigenvalue weighted by atomic mass is 10.1. The second-order valence-electron chi connectivity index (χ2n) is 5.39. The van der Waals surface area contributed by atoms with E-state index in [1.54, 1.807) is 7.11 Å². The Morgan fingerprint density at radius 2 is 2.00 bits per heavy atom. The fourth-order valence-electron chi connectivity index (χ4n) is 1.93. The molecule has 0 aromatic heterocycles. The van der Waals surface area contributed by atoms with E-state index in [0.29, 0.717) is 13.2 Å². The molecule has 5 nitrogen and oxygen atoms in total. The van der Waals surface area contributed by atoms with Crippen LogP contribution in [0, 0.1) is 6.92 Å². The topological polar surface area (TPSA) is 54.9 Å². The number of guanidine groups is 1. The summed E-state index contributed by atoms with van der Waals surface area (Å²) in [5.74, 6) is 1.70. The third-order valence-corrected chi connectivity index (χ3v) is 2.94. The largest absolute Gasteiger partial charge is 0.491 e. The number of ether oxygens (including phenoxy) is 2. The molecule has 6 heteroatoms. The van der Waals surface area contributed by atoms with Crippen LogP contribution in [0.2, 0.25) is 0 Å². The van der Waals surface area contributed by atoms with E-state index >= 15 is 0 Å². The molecule has 0 spiro atoms. The molecule has 2 N–H and O–H groups in total. The summed E-state index contributed by atoms with van der Waals surface area (Å²) >= 11 is 0. The molecular weight excluding hydrogens is 405 g/mol. The number of aryl methyl sites for hydroxylation is 1. The number of hydrogen-bond donors (Lipinski definition) is 2. The minimum atomic E-state index is 0. The van der Waals surface area contributed by atoms with Crippen LogP contribution in [0.15, 0.2) is 23.2 Å². The highest BCUT2D eigenvalue weighted by molar-refractivity contribution is 14.0. The summed E-state index contributed by atoms with van der Waals surface area (Å²) in [6, 6.07) is 6.23. The molecule has 0 bridgehead atoms. The van der Waals surface area contributed by atoms with Gasteiger partial charge in [0.2, 0.25) is 0 Å². The third kappa shape index (κ3) is 9.00. The minimum Gasteiger partial charge on any atom is -0.491 e. The fourth-order valence-corrected chi connectivity index (χ4v) is 1.93. The number of nitrogens with one attached hydrogen (secondary N) is 2. The van der Waals surface area contributed by atoms with E-state index in [-0.39, 0.29) is 30.1 Å². The van der Waals surface area contributed by atoms with Gasteiger partial charge in [0.05, 0.1) is 19.3 Å². The molecule has 132 valence electrons. The van der Waals surface area contributed by atoms with Crippen LogP contribution < -0.4 is 15.4 Å². The Morgan fingerprint density at radius 3 is 2.61 bits per heavy atom. The Labute approximate surface area is 157 Å². The summed E-state index contributed by atoms with van der Waals surface area (Å²) in [5, 5.41) is 6.46. The molecule has 0 heterocycles. The van der Waals surface area contributed by atoms with E-state index in [2.05, 4.69) is 40.7 Å². The lowest BCUT2D eigenvalue weighted by molar-refractivity contribution is 0.203. The van der Waals surface area contributed by atoms with Gasteiger partial charge in [-0.05, 0) is 39.3 Å². The van der Waals surface area contributed by atoms with Crippen LogP contribution in [0.3, 0.4) is 0 Å². The Hall–Kier alpha value is -1.02. The van der Waals surface area contributed by atoms with Gasteiger partial charge in [-0.3, -0.25) is 0 Å².